The second-order valence-electron chi connectivity index (χ2n) is 33.9. The minimum absolute atomic E-state index is 0.191. The molecule has 0 aliphatic heterocycles. The SMILES string of the molecule is Cc1cc(F)ccc1-c1c2cc(C3CCCC3)ccc2nc[n+]1C.Cc1cc(F)ccc1-c1c2cc(CC(C)C)ccc2nc[n+]1C.Cc1cc(F)ccc1-c1c2ccc(C3CCCC3)cc2nc[n+]1C.Cc1cc(F)ccc1-c1c2cccc(C3CCC3)c2nc[n+]1C.Cc1cc(F)ccc1-c1c2cccc(C3CCCC3)c2nc[n+]1C. The van der Waals surface area contributed by atoms with Crippen molar-refractivity contribution in [3.8, 4) is 56.3 Å². The molecule has 4 saturated carbocycles. The first-order chi connectivity index (χ1) is 57.0. The molecule has 5 heterocycles. The van der Waals surface area contributed by atoms with Crippen molar-refractivity contribution in [2.45, 2.75) is 175 Å². The summed E-state index contributed by atoms with van der Waals surface area (Å²) in [7, 11) is 10.00. The number of rotatable bonds is 11. The summed E-state index contributed by atoms with van der Waals surface area (Å²) in [6.07, 6.45) is 29.7. The molecule has 0 radical (unpaired) electrons. The number of benzene rings is 10. The minimum atomic E-state index is -0.201. The number of aryl methyl sites for hydroxylation is 10. The lowest BCUT2D eigenvalue weighted by Crippen LogP contribution is -2.32. The van der Waals surface area contributed by atoms with Gasteiger partial charge in [-0.05, 0) is 331 Å². The zero-order valence-electron chi connectivity index (χ0n) is 70.3. The fraction of sp³-hybridized carbons (Fsp3) is 0.320. The summed E-state index contributed by atoms with van der Waals surface area (Å²) in [4.78, 5) is 23.2. The van der Waals surface area contributed by atoms with Gasteiger partial charge >= 0.3 is 0 Å². The highest BCUT2D eigenvalue weighted by Crippen LogP contribution is 2.44. The maximum Gasteiger partial charge on any atom is 0.287 e. The summed E-state index contributed by atoms with van der Waals surface area (Å²) in [5.74, 6) is 2.25. The predicted molar refractivity (Wildman–Crippen MR) is 464 cm³/mol. The van der Waals surface area contributed by atoms with E-state index in [1.165, 1.54) is 154 Å². The Hall–Kier alpha value is -11.5. The van der Waals surface area contributed by atoms with E-state index in [0.29, 0.717) is 29.6 Å². The first-order valence-corrected chi connectivity index (χ1v) is 42.2. The van der Waals surface area contributed by atoms with Crippen molar-refractivity contribution in [2.75, 3.05) is 0 Å². The van der Waals surface area contributed by atoms with Gasteiger partial charge in [0, 0.05) is 38.9 Å². The van der Waals surface area contributed by atoms with Gasteiger partial charge < -0.3 is 0 Å². The zero-order valence-corrected chi connectivity index (χ0v) is 70.3. The standard InChI is InChI=1S/3C21H22FN2.C20H20FN2.C20H22FN2/c1-14-12-16(22)10-11-17(14)21-19-9-5-8-18(15-6-3-4-7-15)20(19)23-13-24(21)2;1-14-11-17(22)8-9-18(14)21-19-12-16(15-5-3-4-6-15)7-10-20(19)23-13-24(21)2;1-14-11-17(22)8-10-18(14)21-19-9-7-16(15-5-3-4-6-15)12-20(19)23-13-24(21)2;1-13-11-15(21)9-10-16(13)20-18-8-4-7-17(14-5-3-6-14)19(18)22-12-23(20)2;1-13(2)9-15-5-8-19-18(11-15)20(23(4)12-22-19)17-7-6-16(21)10-14(17)3/h5,8-13,15H,3-4,6-7H2,1-2H3;2*7-13,15H,3-6H2,1-2H3;4,7-12,14H,3,5-6H2,1-2H3;5-8,10-13H,9H2,1-4H3/q5*+1. The Morgan fingerprint density at radius 3 is 0.975 bits per heavy atom. The van der Waals surface area contributed by atoms with Crippen LogP contribution in [0, 0.1) is 69.6 Å². The first kappa shape index (κ1) is 81.7. The third kappa shape index (κ3) is 17.6. The Morgan fingerprint density at radius 1 is 0.297 bits per heavy atom. The molecular formula is C103H108F5N10+5. The number of hydrogen-bond donors (Lipinski definition) is 0. The van der Waals surface area contributed by atoms with Crippen LogP contribution < -0.4 is 22.8 Å². The third-order valence-corrected chi connectivity index (χ3v) is 25.0. The monoisotopic (exact) mass is 1580 g/mol. The highest BCUT2D eigenvalue weighted by atomic mass is 19.1. The van der Waals surface area contributed by atoms with E-state index < -0.39 is 0 Å². The molecule has 0 unspecified atom stereocenters. The highest BCUT2D eigenvalue weighted by molar-refractivity contribution is 5.96. The average molecular weight is 1580 g/mol. The molecule has 15 aromatic rings. The van der Waals surface area contributed by atoms with Crippen molar-refractivity contribution in [3.63, 3.8) is 0 Å². The fourth-order valence-electron chi connectivity index (χ4n) is 18.7. The second-order valence-corrected chi connectivity index (χ2v) is 33.9. The van der Waals surface area contributed by atoms with E-state index in [9.17, 15) is 22.0 Å². The van der Waals surface area contributed by atoms with Gasteiger partial charge in [-0.25, -0.2) is 44.8 Å². The Labute approximate surface area is 690 Å². The molecule has 10 nitrogen and oxygen atoms in total. The van der Waals surface area contributed by atoms with E-state index in [4.69, 9.17) is 9.97 Å². The van der Waals surface area contributed by atoms with Crippen LogP contribution in [0.4, 0.5) is 22.0 Å². The number of hydrogen-bond acceptors (Lipinski definition) is 5. The fourth-order valence-corrected chi connectivity index (χ4v) is 18.7. The lowest BCUT2D eigenvalue weighted by molar-refractivity contribution is -0.662. The Balaban J connectivity index is 0.000000115. The van der Waals surface area contributed by atoms with Crippen LogP contribution in [0.15, 0.2) is 214 Å². The van der Waals surface area contributed by atoms with Gasteiger partial charge in [-0.2, -0.15) is 0 Å². The van der Waals surface area contributed by atoms with Crippen LogP contribution in [0.5, 0.6) is 0 Å². The molecule has 19 rings (SSSR count). The van der Waals surface area contributed by atoms with Crippen LogP contribution >= 0.6 is 0 Å². The molecule has 0 N–H and O–H groups in total. The molecule has 4 fully saturated rings. The van der Waals surface area contributed by atoms with Crippen molar-refractivity contribution in [1.82, 2.24) is 24.9 Å². The van der Waals surface area contributed by atoms with Crippen LogP contribution in [0.2, 0.25) is 0 Å². The van der Waals surface area contributed by atoms with Crippen LogP contribution in [0.1, 0.15) is 189 Å². The van der Waals surface area contributed by atoms with Crippen molar-refractivity contribution in [1.29, 1.82) is 0 Å². The molecule has 0 spiro atoms. The molecule has 0 saturated heterocycles. The van der Waals surface area contributed by atoms with Crippen molar-refractivity contribution >= 4 is 54.5 Å². The summed E-state index contributed by atoms with van der Waals surface area (Å²) >= 11 is 0. The normalized spacial score (nSPS) is 14.5. The minimum Gasteiger partial charge on any atom is -0.232 e. The Morgan fingerprint density at radius 2 is 0.610 bits per heavy atom. The lowest BCUT2D eigenvalue weighted by atomic mass is 9.79. The zero-order chi connectivity index (χ0) is 82.6. The first-order valence-electron chi connectivity index (χ1n) is 42.2. The second kappa shape index (κ2) is 35.8. The van der Waals surface area contributed by atoms with Gasteiger partial charge in [-0.3, -0.25) is 0 Å². The van der Waals surface area contributed by atoms with Crippen LogP contribution in [0.25, 0.3) is 111 Å². The number of halogens is 5. The molecule has 5 aromatic heterocycles. The highest BCUT2D eigenvalue weighted by Gasteiger charge is 2.30. The summed E-state index contributed by atoms with van der Waals surface area (Å²) in [6.45, 7) is 14.2. The number of aromatic nitrogens is 10. The summed E-state index contributed by atoms with van der Waals surface area (Å²) < 4.78 is 77.6. The van der Waals surface area contributed by atoms with E-state index in [1.54, 1.807) is 30.3 Å². The van der Waals surface area contributed by atoms with Gasteiger partial charge in [0.15, 0.2) is 27.6 Å². The number of para-hydroxylation sites is 2. The van der Waals surface area contributed by atoms with E-state index >= 15 is 0 Å². The molecule has 0 amide bonds. The van der Waals surface area contributed by atoms with Gasteiger partial charge in [0.1, 0.15) is 57.6 Å². The molecule has 0 bridgehead atoms. The molecule has 600 valence electrons. The van der Waals surface area contributed by atoms with Gasteiger partial charge in [0.05, 0.1) is 62.2 Å². The topological polar surface area (TPSA) is 83.8 Å². The van der Waals surface area contributed by atoms with Crippen LogP contribution in [0.3, 0.4) is 0 Å². The molecule has 10 aromatic carbocycles. The number of nitrogens with zero attached hydrogens (tertiary/aromatic N) is 10. The smallest absolute Gasteiger partial charge is 0.232 e. The average Bonchev–Trinajstić information content (AvgIpc) is 1.08. The van der Waals surface area contributed by atoms with E-state index in [0.717, 1.165) is 145 Å². The van der Waals surface area contributed by atoms with Crippen LogP contribution in [-0.4, -0.2) is 24.9 Å². The lowest BCUT2D eigenvalue weighted by Gasteiger charge is -2.25. The maximum atomic E-state index is 13.5. The molecule has 15 heteroatoms. The Bertz CT molecular complexity index is 6190. The number of fused-ring (bicyclic) bond motifs is 5. The summed E-state index contributed by atoms with van der Waals surface area (Å²) in [6, 6.07) is 57.7. The van der Waals surface area contributed by atoms with Gasteiger partial charge in [-0.1, -0.05) is 101 Å². The van der Waals surface area contributed by atoms with Gasteiger partial charge in [-0.15, -0.1) is 0 Å². The summed E-state index contributed by atoms with van der Waals surface area (Å²) in [5, 5.41) is 5.69. The molecule has 0 atom stereocenters. The van der Waals surface area contributed by atoms with Gasteiger partial charge in [0.2, 0.25) is 0 Å². The van der Waals surface area contributed by atoms with E-state index in [-0.39, 0.29) is 29.1 Å². The van der Waals surface area contributed by atoms with E-state index in [2.05, 4.69) is 120 Å². The third-order valence-electron chi connectivity index (χ3n) is 25.0. The quantitative estimate of drug-likeness (QED) is 0.0952. The van der Waals surface area contributed by atoms with E-state index in [1.807, 2.05) is 155 Å². The van der Waals surface area contributed by atoms with Crippen molar-refractivity contribution in [3.05, 3.63) is 298 Å². The largest absolute Gasteiger partial charge is 0.287 e. The van der Waals surface area contributed by atoms with Crippen molar-refractivity contribution in [2.24, 2.45) is 41.2 Å². The van der Waals surface area contributed by atoms with Crippen molar-refractivity contribution < 1.29 is 44.8 Å². The molecule has 4 aliphatic carbocycles. The Kier molecular flexibility index (Phi) is 24.8. The van der Waals surface area contributed by atoms with Crippen LogP contribution in [-0.2, 0) is 41.7 Å². The molecular weight excluding hydrogens is 1470 g/mol. The predicted octanol–water partition coefficient (Wildman–Crippen LogP) is 23.3. The summed E-state index contributed by atoms with van der Waals surface area (Å²) in [5.41, 5.74) is 27.5. The maximum absolute atomic E-state index is 13.5. The van der Waals surface area contributed by atoms with Gasteiger partial charge in [0.25, 0.3) is 31.6 Å². The molecule has 4 aliphatic rings. The molecule has 118 heavy (non-hydrogen) atoms.